The van der Waals surface area contributed by atoms with Crippen LogP contribution in [0.15, 0.2) is 18.5 Å². The van der Waals surface area contributed by atoms with Crippen molar-refractivity contribution in [3.05, 3.63) is 18.5 Å². The molecule has 0 bridgehead atoms. The number of nitrogens with one attached hydrogen (secondary N) is 1. The van der Waals surface area contributed by atoms with Crippen molar-refractivity contribution in [3.8, 4) is 0 Å². The average Bonchev–Trinajstić information content (AvgIpc) is 2.90. The number of piperazine rings is 1. The van der Waals surface area contributed by atoms with Crippen LogP contribution in [0.3, 0.4) is 0 Å². The van der Waals surface area contributed by atoms with Crippen molar-refractivity contribution in [1.82, 2.24) is 20.0 Å². The molecule has 3 N–H and O–H groups in total. The Balaban J connectivity index is 2.13. The molecule has 2 amide bonds. The molecular weight excluding hydrogens is 234 g/mol. The van der Waals surface area contributed by atoms with Crippen LogP contribution in [0.1, 0.15) is 13.0 Å². The molecule has 1 fully saturated rings. The van der Waals surface area contributed by atoms with Gasteiger partial charge in [0.05, 0.1) is 0 Å². The second kappa shape index (κ2) is 5.18. The van der Waals surface area contributed by atoms with Gasteiger partial charge >= 0.3 is 0 Å². The highest BCUT2D eigenvalue weighted by atomic mass is 16.2. The molecule has 1 aromatic rings. The molecule has 98 valence electrons. The van der Waals surface area contributed by atoms with Crippen LogP contribution < -0.4 is 11.1 Å². The summed E-state index contributed by atoms with van der Waals surface area (Å²) in [6.07, 6.45) is 3.34. The van der Waals surface area contributed by atoms with Gasteiger partial charge < -0.3 is 16.0 Å². The number of amides is 2. The highest BCUT2D eigenvalue weighted by Crippen LogP contribution is 2.13. The Morgan fingerprint density at radius 1 is 1.56 bits per heavy atom. The third-order valence-electron chi connectivity index (χ3n) is 3.13. The van der Waals surface area contributed by atoms with Crippen LogP contribution in [0.25, 0.3) is 0 Å². The summed E-state index contributed by atoms with van der Waals surface area (Å²) in [5.41, 5.74) is 5.32. The number of carbonyl (C=O) groups excluding carboxylic acids is 2. The van der Waals surface area contributed by atoms with Crippen molar-refractivity contribution in [1.29, 1.82) is 0 Å². The molecule has 1 saturated heterocycles. The van der Waals surface area contributed by atoms with Gasteiger partial charge in [-0.25, -0.2) is 0 Å². The lowest BCUT2D eigenvalue weighted by Gasteiger charge is -2.35. The molecule has 2 heterocycles. The van der Waals surface area contributed by atoms with Crippen molar-refractivity contribution in [2.24, 2.45) is 5.73 Å². The quantitative estimate of drug-likeness (QED) is 0.700. The summed E-state index contributed by atoms with van der Waals surface area (Å²) >= 11 is 0. The molecular formula is C11H17N5O2. The Hall–Kier alpha value is -1.89. The Morgan fingerprint density at radius 3 is 2.94 bits per heavy atom. The lowest BCUT2D eigenvalue weighted by molar-refractivity contribution is -0.143. The van der Waals surface area contributed by atoms with Gasteiger partial charge in [0, 0.05) is 32.0 Å². The van der Waals surface area contributed by atoms with Crippen LogP contribution in [-0.2, 0) is 9.59 Å². The highest BCUT2D eigenvalue weighted by Gasteiger charge is 2.33. The van der Waals surface area contributed by atoms with E-state index in [0.717, 1.165) is 0 Å². The zero-order chi connectivity index (χ0) is 13.1. The average molecular weight is 251 g/mol. The van der Waals surface area contributed by atoms with E-state index in [9.17, 15) is 9.59 Å². The molecule has 7 heteroatoms. The topological polar surface area (TPSA) is 93.3 Å². The fourth-order valence-electron chi connectivity index (χ4n) is 2.09. The Kier molecular flexibility index (Phi) is 3.61. The first-order chi connectivity index (χ1) is 8.61. The largest absolute Gasteiger partial charge is 0.368 e. The number of rotatable bonds is 3. The zero-order valence-corrected chi connectivity index (χ0v) is 10.2. The van der Waals surface area contributed by atoms with Gasteiger partial charge in [-0.1, -0.05) is 0 Å². The first-order valence-electron chi connectivity index (χ1n) is 5.91. The van der Waals surface area contributed by atoms with Crippen LogP contribution in [0, 0.1) is 0 Å². The zero-order valence-electron chi connectivity index (χ0n) is 10.2. The molecule has 7 nitrogen and oxygen atoms in total. The number of carbonyl (C=O) groups is 2. The van der Waals surface area contributed by atoms with Crippen molar-refractivity contribution in [3.63, 3.8) is 0 Å². The van der Waals surface area contributed by atoms with Gasteiger partial charge in [0.2, 0.25) is 11.8 Å². The normalized spacial score (nSPS) is 21.6. The maximum absolute atomic E-state index is 12.3. The predicted octanol–water partition coefficient (Wildman–Crippen LogP) is -1.27. The number of nitrogens with zero attached hydrogens (tertiary/aromatic N) is 3. The van der Waals surface area contributed by atoms with Gasteiger partial charge in [-0.3, -0.25) is 14.3 Å². The van der Waals surface area contributed by atoms with Crippen molar-refractivity contribution < 1.29 is 9.59 Å². The number of nitrogens with two attached hydrogens (primary N) is 1. The van der Waals surface area contributed by atoms with Crippen LogP contribution in [0.4, 0.5) is 0 Å². The predicted molar refractivity (Wildman–Crippen MR) is 64.5 cm³/mol. The minimum Gasteiger partial charge on any atom is -0.368 e. The van der Waals surface area contributed by atoms with Crippen LogP contribution >= 0.6 is 0 Å². The van der Waals surface area contributed by atoms with Crippen LogP contribution in [-0.4, -0.2) is 52.2 Å². The fraction of sp³-hybridized carbons (Fsp3) is 0.545. The lowest BCUT2D eigenvalue weighted by Crippen LogP contribution is -2.59. The van der Waals surface area contributed by atoms with E-state index >= 15 is 0 Å². The van der Waals surface area contributed by atoms with Gasteiger partial charge in [-0.05, 0) is 13.0 Å². The maximum atomic E-state index is 12.3. The third kappa shape index (κ3) is 2.35. The molecule has 0 aromatic carbocycles. The molecule has 0 saturated carbocycles. The fourth-order valence-corrected chi connectivity index (χ4v) is 2.09. The Bertz CT molecular complexity index is 431. The van der Waals surface area contributed by atoms with Crippen molar-refractivity contribution in [2.45, 2.75) is 19.0 Å². The summed E-state index contributed by atoms with van der Waals surface area (Å²) in [5, 5.41) is 7.10. The molecule has 1 aliphatic rings. The minimum absolute atomic E-state index is 0.135. The standard InChI is InChI=1S/C11H17N5O2/c1-8(16-5-2-3-14-16)11(18)15-6-4-13-7-9(15)10(12)17/h2-3,5,8-9,13H,4,6-7H2,1H3,(H2,12,17). The highest BCUT2D eigenvalue weighted by molar-refractivity contribution is 5.88. The van der Waals surface area contributed by atoms with E-state index in [2.05, 4.69) is 10.4 Å². The molecule has 0 spiro atoms. The second-order valence-electron chi connectivity index (χ2n) is 4.32. The van der Waals surface area contributed by atoms with Gasteiger partial charge in [0.1, 0.15) is 12.1 Å². The Labute approximate surface area is 105 Å². The summed E-state index contributed by atoms with van der Waals surface area (Å²) in [5.74, 6) is -0.618. The van der Waals surface area contributed by atoms with E-state index in [0.29, 0.717) is 19.6 Å². The molecule has 0 aliphatic carbocycles. The minimum atomic E-state index is -0.579. The molecule has 2 atom stereocenters. The van der Waals surface area contributed by atoms with Crippen molar-refractivity contribution in [2.75, 3.05) is 19.6 Å². The molecule has 1 aromatic heterocycles. The van der Waals surface area contributed by atoms with Gasteiger partial charge in [0.15, 0.2) is 0 Å². The molecule has 1 aliphatic heterocycles. The summed E-state index contributed by atoms with van der Waals surface area (Å²) in [6.45, 7) is 3.32. The second-order valence-corrected chi connectivity index (χ2v) is 4.32. The Morgan fingerprint density at radius 2 is 2.33 bits per heavy atom. The molecule has 0 radical (unpaired) electrons. The number of primary amides is 1. The first-order valence-corrected chi connectivity index (χ1v) is 5.91. The van der Waals surface area contributed by atoms with E-state index in [4.69, 9.17) is 5.73 Å². The molecule has 2 unspecified atom stereocenters. The molecule has 18 heavy (non-hydrogen) atoms. The van der Waals surface area contributed by atoms with Crippen LogP contribution in [0.2, 0.25) is 0 Å². The van der Waals surface area contributed by atoms with Gasteiger partial charge in [-0.2, -0.15) is 5.10 Å². The van der Waals surface area contributed by atoms with E-state index in [1.54, 1.807) is 30.1 Å². The summed E-state index contributed by atoms with van der Waals surface area (Å²) < 4.78 is 1.57. The summed E-state index contributed by atoms with van der Waals surface area (Å²) in [4.78, 5) is 25.2. The van der Waals surface area contributed by atoms with E-state index in [-0.39, 0.29) is 5.91 Å². The smallest absolute Gasteiger partial charge is 0.247 e. The van der Waals surface area contributed by atoms with Crippen LogP contribution in [0.5, 0.6) is 0 Å². The monoisotopic (exact) mass is 251 g/mol. The van der Waals surface area contributed by atoms with E-state index in [1.165, 1.54) is 4.90 Å². The number of hydrogen-bond donors (Lipinski definition) is 2. The van der Waals surface area contributed by atoms with Gasteiger partial charge in [0.25, 0.3) is 0 Å². The van der Waals surface area contributed by atoms with E-state index in [1.807, 2.05) is 0 Å². The number of hydrogen-bond acceptors (Lipinski definition) is 4. The summed E-state index contributed by atoms with van der Waals surface area (Å²) in [7, 11) is 0. The SMILES string of the molecule is CC(C(=O)N1CCNCC1C(N)=O)n1cccn1. The van der Waals surface area contributed by atoms with E-state index < -0.39 is 18.0 Å². The first kappa shape index (κ1) is 12.6. The van der Waals surface area contributed by atoms with Gasteiger partial charge in [-0.15, -0.1) is 0 Å². The maximum Gasteiger partial charge on any atom is 0.247 e. The van der Waals surface area contributed by atoms with Crippen molar-refractivity contribution >= 4 is 11.8 Å². The lowest BCUT2D eigenvalue weighted by atomic mass is 10.1. The third-order valence-corrected chi connectivity index (χ3v) is 3.13. The molecule has 2 rings (SSSR count). The summed E-state index contributed by atoms with van der Waals surface area (Å²) in [6, 6.07) is 0.747. The number of aromatic nitrogens is 2.